The van der Waals surface area contributed by atoms with E-state index in [1.54, 1.807) is 7.11 Å². The van der Waals surface area contributed by atoms with E-state index in [1.165, 1.54) is 11.1 Å². The molecule has 2 aromatic carbocycles. The monoisotopic (exact) mass is 332 g/mol. The summed E-state index contributed by atoms with van der Waals surface area (Å²) in [5.41, 5.74) is 9.06. The van der Waals surface area contributed by atoms with Crippen LogP contribution in [0.25, 0.3) is 0 Å². The summed E-state index contributed by atoms with van der Waals surface area (Å²) < 4.78 is 5.20. The second-order valence-corrected chi connectivity index (χ2v) is 6.04. The van der Waals surface area contributed by atoms with E-state index in [9.17, 15) is 0 Å². The molecule has 2 N–H and O–H groups in total. The average Bonchev–Trinajstić information content (AvgIpc) is 2.95. The molecule has 2 atom stereocenters. The maximum Gasteiger partial charge on any atom is 0.118 e. The number of likely N-dealkylation sites (tertiary alicyclic amines) is 1. The Morgan fingerprint density at radius 2 is 1.74 bits per heavy atom. The number of methoxy groups -OCH3 is 1. The highest BCUT2D eigenvalue weighted by molar-refractivity contribution is 5.85. The van der Waals surface area contributed by atoms with Gasteiger partial charge in [-0.3, -0.25) is 0 Å². The number of halogens is 1. The molecule has 0 radical (unpaired) electrons. The lowest BCUT2D eigenvalue weighted by Gasteiger charge is -2.16. The summed E-state index contributed by atoms with van der Waals surface area (Å²) in [5.74, 6) is 1.37. The van der Waals surface area contributed by atoms with Crippen molar-refractivity contribution in [3.8, 4) is 5.75 Å². The Morgan fingerprint density at radius 1 is 1.04 bits per heavy atom. The largest absolute Gasteiger partial charge is 0.497 e. The summed E-state index contributed by atoms with van der Waals surface area (Å²) >= 11 is 0. The Kier molecular flexibility index (Phi) is 6.46. The Labute approximate surface area is 144 Å². The van der Waals surface area contributed by atoms with Crippen LogP contribution >= 0.6 is 12.4 Å². The smallest absolute Gasteiger partial charge is 0.118 e. The SMILES string of the molecule is COc1ccc(CCN2C[C@@H](N)[C@H](c3ccccc3)C2)cc1.Cl. The van der Waals surface area contributed by atoms with E-state index < -0.39 is 0 Å². The van der Waals surface area contributed by atoms with Crippen LogP contribution in [0, 0.1) is 0 Å². The van der Waals surface area contributed by atoms with Crippen molar-refractivity contribution in [1.29, 1.82) is 0 Å². The van der Waals surface area contributed by atoms with Gasteiger partial charge in [-0.25, -0.2) is 0 Å². The first-order valence-electron chi connectivity index (χ1n) is 7.92. The van der Waals surface area contributed by atoms with Crippen LogP contribution in [0.15, 0.2) is 54.6 Å². The standard InChI is InChI=1S/C19H24N2O.ClH/c1-22-17-9-7-15(8-10-17)11-12-21-13-18(19(20)14-21)16-5-3-2-4-6-16;/h2-10,18-19H,11-14,20H2,1H3;1H/t18-,19+;/m0./s1. The molecule has 1 saturated heterocycles. The lowest BCUT2D eigenvalue weighted by atomic mass is 9.95. The first kappa shape index (κ1) is 17.8. The van der Waals surface area contributed by atoms with Crippen LogP contribution < -0.4 is 10.5 Å². The molecule has 4 heteroatoms. The number of hydrogen-bond donors (Lipinski definition) is 1. The fourth-order valence-corrected chi connectivity index (χ4v) is 3.23. The zero-order valence-corrected chi connectivity index (χ0v) is 14.3. The first-order chi connectivity index (χ1) is 10.8. The zero-order chi connectivity index (χ0) is 15.4. The van der Waals surface area contributed by atoms with Crippen molar-refractivity contribution in [3.05, 3.63) is 65.7 Å². The van der Waals surface area contributed by atoms with Gasteiger partial charge in [0.15, 0.2) is 0 Å². The molecule has 1 fully saturated rings. The van der Waals surface area contributed by atoms with Crippen LogP contribution in [0.4, 0.5) is 0 Å². The zero-order valence-electron chi connectivity index (χ0n) is 13.5. The van der Waals surface area contributed by atoms with Crippen molar-refractivity contribution in [2.24, 2.45) is 5.73 Å². The average molecular weight is 333 g/mol. The van der Waals surface area contributed by atoms with Crippen molar-refractivity contribution in [2.45, 2.75) is 18.4 Å². The molecule has 2 aromatic rings. The first-order valence-corrected chi connectivity index (χ1v) is 7.92. The summed E-state index contributed by atoms with van der Waals surface area (Å²) in [6.07, 6.45) is 1.05. The van der Waals surface area contributed by atoms with Crippen molar-refractivity contribution in [3.63, 3.8) is 0 Å². The van der Waals surface area contributed by atoms with E-state index in [0.717, 1.165) is 31.8 Å². The van der Waals surface area contributed by atoms with Gasteiger partial charge in [-0.15, -0.1) is 12.4 Å². The highest BCUT2D eigenvalue weighted by Crippen LogP contribution is 2.26. The van der Waals surface area contributed by atoms with Crippen molar-refractivity contribution in [1.82, 2.24) is 4.90 Å². The second-order valence-electron chi connectivity index (χ2n) is 6.04. The molecule has 1 aliphatic heterocycles. The molecule has 3 rings (SSSR count). The predicted molar refractivity (Wildman–Crippen MR) is 97.5 cm³/mol. The molecule has 1 heterocycles. The lowest BCUT2D eigenvalue weighted by Crippen LogP contribution is -2.29. The quantitative estimate of drug-likeness (QED) is 0.914. The van der Waals surface area contributed by atoms with Crippen LogP contribution in [-0.2, 0) is 6.42 Å². The maximum absolute atomic E-state index is 6.35. The number of benzene rings is 2. The fraction of sp³-hybridized carbons (Fsp3) is 0.368. The van der Waals surface area contributed by atoms with Crippen LogP contribution in [0.2, 0.25) is 0 Å². The number of nitrogens with zero attached hydrogens (tertiary/aromatic N) is 1. The third kappa shape index (κ3) is 4.47. The summed E-state index contributed by atoms with van der Waals surface area (Å²) in [6, 6.07) is 19.2. The normalized spacial score (nSPS) is 21.0. The molecular formula is C19H25ClN2O. The van der Waals surface area contributed by atoms with Gasteiger partial charge in [0.1, 0.15) is 5.75 Å². The van der Waals surface area contributed by atoms with Crippen molar-refractivity contribution in [2.75, 3.05) is 26.7 Å². The molecule has 3 nitrogen and oxygen atoms in total. The summed E-state index contributed by atoms with van der Waals surface area (Å²) in [7, 11) is 1.70. The van der Waals surface area contributed by atoms with Gasteiger partial charge in [-0.2, -0.15) is 0 Å². The van der Waals surface area contributed by atoms with Crippen LogP contribution in [0.5, 0.6) is 5.75 Å². The van der Waals surface area contributed by atoms with Gasteiger partial charge in [0.25, 0.3) is 0 Å². The highest BCUT2D eigenvalue weighted by Gasteiger charge is 2.30. The van der Waals surface area contributed by atoms with Crippen LogP contribution in [-0.4, -0.2) is 37.7 Å². The van der Waals surface area contributed by atoms with E-state index in [0.29, 0.717) is 5.92 Å². The molecule has 0 unspecified atom stereocenters. The van der Waals surface area contributed by atoms with Gasteiger partial charge >= 0.3 is 0 Å². The highest BCUT2D eigenvalue weighted by atomic mass is 35.5. The summed E-state index contributed by atoms with van der Waals surface area (Å²) in [5, 5.41) is 0. The van der Waals surface area contributed by atoms with Crippen molar-refractivity contribution < 1.29 is 4.74 Å². The van der Waals surface area contributed by atoms with E-state index in [2.05, 4.69) is 47.4 Å². The third-order valence-electron chi connectivity index (χ3n) is 4.54. The van der Waals surface area contributed by atoms with Crippen molar-refractivity contribution >= 4 is 12.4 Å². The van der Waals surface area contributed by atoms with Crippen LogP contribution in [0.1, 0.15) is 17.0 Å². The minimum atomic E-state index is 0. The molecule has 0 bridgehead atoms. The number of rotatable bonds is 5. The minimum Gasteiger partial charge on any atom is -0.497 e. The van der Waals surface area contributed by atoms with Gasteiger partial charge < -0.3 is 15.4 Å². The Bertz CT molecular complexity index is 588. The maximum atomic E-state index is 6.35. The third-order valence-corrected chi connectivity index (χ3v) is 4.54. The molecule has 23 heavy (non-hydrogen) atoms. The topological polar surface area (TPSA) is 38.5 Å². The van der Waals surface area contributed by atoms with Gasteiger partial charge in [0.05, 0.1) is 7.11 Å². The summed E-state index contributed by atoms with van der Waals surface area (Å²) in [4.78, 5) is 2.48. The fourth-order valence-electron chi connectivity index (χ4n) is 3.23. The van der Waals surface area contributed by atoms with Gasteiger partial charge in [0, 0.05) is 31.6 Å². The molecular weight excluding hydrogens is 308 g/mol. The van der Waals surface area contributed by atoms with E-state index in [1.807, 2.05) is 12.1 Å². The lowest BCUT2D eigenvalue weighted by molar-refractivity contribution is 0.335. The predicted octanol–water partition coefficient (Wildman–Crippen LogP) is 3.09. The van der Waals surface area contributed by atoms with Gasteiger partial charge in [-0.05, 0) is 29.7 Å². The van der Waals surface area contributed by atoms with E-state index in [4.69, 9.17) is 10.5 Å². The van der Waals surface area contributed by atoms with Crippen LogP contribution in [0.3, 0.4) is 0 Å². The summed E-state index contributed by atoms with van der Waals surface area (Å²) in [6.45, 7) is 3.10. The Hall–Kier alpha value is -1.55. The number of hydrogen-bond acceptors (Lipinski definition) is 3. The minimum absolute atomic E-state index is 0. The molecule has 1 aliphatic rings. The van der Waals surface area contributed by atoms with Gasteiger partial charge in [-0.1, -0.05) is 42.5 Å². The Balaban J connectivity index is 0.00000192. The molecule has 0 saturated carbocycles. The number of ether oxygens (including phenoxy) is 1. The molecule has 0 aromatic heterocycles. The van der Waals surface area contributed by atoms with E-state index in [-0.39, 0.29) is 18.4 Å². The Morgan fingerprint density at radius 3 is 2.39 bits per heavy atom. The molecule has 0 spiro atoms. The van der Waals surface area contributed by atoms with E-state index >= 15 is 0 Å². The second kappa shape index (κ2) is 8.34. The molecule has 0 aliphatic carbocycles. The molecule has 124 valence electrons. The van der Waals surface area contributed by atoms with Gasteiger partial charge in [0.2, 0.25) is 0 Å². The molecule has 0 amide bonds. The number of nitrogens with two attached hydrogens (primary N) is 1.